The Morgan fingerprint density at radius 1 is 1.18 bits per heavy atom. The van der Waals surface area contributed by atoms with Crippen molar-refractivity contribution in [3.8, 4) is 17.1 Å². The molecule has 1 aromatic heterocycles. The summed E-state index contributed by atoms with van der Waals surface area (Å²) < 4.78 is 13.1. The first-order valence-corrected chi connectivity index (χ1v) is 10.9. The van der Waals surface area contributed by atoms with Crippen LogP contribution < -0.4 is 28.6 Å². The van der Waals surface area contributed by atoms with Crippen molar-refractivity contribution in [1.29, 1.82) is 0 Å². The number of aryl methyl sites for hydroxylation is 3. The second-order valence-electron chi connectivity index (χ2n) is 8.36. The molecule has 3 aromatic rings. The van der Waals surface area contributed by atoms with Gasteiger partial charge in [-0.2, -0.15) is 4.98 Å². The highest BCUT2D eigenvalue weighted by Crippen LogP contribution is 2.30. The summed E-state index contributed by atoms with van der Waals surface area (Å²) in [5.41, 5.74) is 15.9. The van der Waals surface area contributed by atoms with E-state index in [9.17, 15) is 5.11 Å². The normalized spacial score (nSPS) is 17.6. The Morgan fingerprint density at radius 2 is 1.94 bits per heavy atom. The van der Waals surface area contributed by atoms with Gasteiger partial charge in [-0.3, -0.25) is 16.0 Å². The van der Waals surface area contributed by atoms with E-state index in [4.69, 9.17) is 20.7 Å². The third kappa shape index (κ3) is 5.83. The van der Waals surface area contributed by atoms with Crippen molar-refractivity contribution in [2.75, 3.05) is 13.2 Å². The number of aliphatic hydroxyl groups excluding tert-OH is 1. The van der Waals surface area contributed by atoms with E-state index in [0.717, 1.165) is 29.7 Å². The fourth-order valence-corrected chi connectivity index (χ4v) is 3.98. The number of nitrogens with zero attached hydrogens (tertiary/aromatic N) is 3. The van der Waals surface area contributed by atoms with E-state index < -0.39 is 6.10 Å². The molecule has 0 saturated carbocycles. The fourth-order valence-electron chi connectivity index (χ4n) is 3.98. The number of benzene rings is 2. The molecule has 0 aliphatic carbocycles. The van der Waals surface area contributed by atoms with Gasteiger partial charge in [-0.05, 0) is 56.0 Å². The van der Waals surface area contributed by atoms with Gasteiger partial charge in [-0.1, -0.05) is 35.0 Å². The summed E-state index contributed by atoms with van der Waals surface area (Å²) in [5, 5.41) is 14.1. The predicted molar refractivity (Wildman–Crippen MR) is 121 cm³/mol. The molecule has 0 radical (unpaired) electrons. The maximum Gasteiger partial charge on any atom is 0.341 e. The molecular weight excluding hydrogens is 442 g/mol. The molecule has 0 amide bonds. The monoisotopic (exact) mass is 471 g/mol. The van der Waals surface area contributed by atoms with Crippen LogP contribution in [0.15, 0.2) is 47.0 Å². The first-order chi connectivity index (χ1) is 15.4. The molecular formula is C24H30ClN5O3. The summed E-state index contributed by atoms with van der Waals surface area (Å²) in [5.74, 6) is 1.84. The number of nitrogens with two attached hydrogens (primary N) is 2. The quantitative estimate of drug-likeness (QED) is 0.240. The third-order valence-corrected chi connectivity index (χ3v) is 5.76. The SMILES string of the molecule is Cc1ccc(CCCOc2ccc(-c3noc([C@@H]4C[C@@H](O)C[N+]4=C(N)N)n3)cc2C)cc1.[Cl-]. The van der Waals surface area contributed by atoms with Crippen LogP contribution in [0.25, 0.3) is 11.4 Å². The van der Waals surface area contributed by atoms with Crippen molar-refractivity contribution >= 4 is 5.96 Å². The fraction of sp³-hybridized carbons (Fsp3) is 0.375. The lowest BCUT2D eigenvalue weighted by Gasteiger charge is -2.10. The minimum absolute atomic E-state index is 0. The number of ether oxygens (including phenoxy) is 1. The molecule has 2 heterocycles. The Balaban J connectivity index is 0.00000306. The van der Waals surface area contributed by atoms with Gasteiger partial charge in [0.25, 0.3) is 5.89 Å². The molecule has 4 rings (SSSR count). The van der Waals surface area contributed by atoms with E-state index in [1.54, 1.807) is 4.58 Å². The van der Waals surface area contributed by atoms with Crippen LogP contribution in [-0.4, -0.2) is 45.0 Å². The van der Waals surface area contributed by atoms with Crippen molar-refractivity contribution in [3.63, 3.8) is 0 Å². The highest BCUT2D eigenvalue weighted by atomic mass is 35.5. The zero-order valence-corrected chi connectivity index (χ0v) is 19.6. The Morgan fingerprint density at radius 3 is 2.64 bits per heavy atom. The number of hydrogen-bond acceptors (Lipinski definition) is 5. The highest BCUT2D eigenvalue weighted by Gasteiger charge is 2.36. The van der Waals surface area contributed by atoms with E-state index in [-0.39, 0.29) is 24.4 Å². The predicted octanol–water partition coefficient (Wildman–Crippen LogP) is -0.539. The topological polar surface area (TPSA) is 123 Å². The summed E-state index contributed by atoms with van der Waals surface area (Å²) >= 11 is 0. The largest absolute Gasteiger partial charge is 1.00 e. The van der Waals surface area contributed by atoms with Crippen LogP contribution in [0.1, 0.15) is 41.5 Å². The van der Waals surface area contributed by atoms with Crippen LogP contribution in [0.3, 0.4) is 0 Å². The van der Waals surface area contributed by atoms with E-state index in [0.29, 0.717) is 31.3 Å². The van der Waals surface area contributed by atoms with Crippen LogP contribution in [0.2, 0.25) is 0 Å². The number of guanidine groups is 1. The summed E-state index contributed by atoms with van der Waals surface area (Å²) in [6.45, 7) is 5.09. The Bertz CT molecular complexity index is 1110. The molecule has 1 saturated heterocycles. The Labute approximate surface area is 199 Å². The van der Waals surface area contributed by atoms with Crippen LogP contribution >= 0.6 is 0 Å². The number of hydrogen-bond donors (Lipinski definition) is 3. The van der Waals surface area contributed by atoms with Gasteiger partial charge < -0.3 is 26.8 Å². The Hall–Kier alpha value is -3.10. The lowest BCUT2D eigenvalue weighted by Crippen LogP contribution is -3.00. The lowest BCUT2D eigenvalue weighted by atomic mass is 10.1. The highest BCUT2D eigenvalue weighted by molar-refractivity contribution is 5.70. The number of aromatic nitrogens is 2. The molecule has 2 aromatic carbocycles. The second-order valence-corrected chi connectivity index (χ2v) is 8.36. The van der Waals surface area contributed by atoms with Gasteiger partial charge in [0.05, 0.1) is 19.3 Å². The number of rotatable bonds is 7. The molecule has 1 aliphatic heterocycles. The van der Waals surface area contributed by atoms with Crippen LogP contribution in [-0.2, 0) is 6.42 Å². The van der Waals surface area contributed by atoms with Crippen molar-refractivity contribution in [2.45, 2.75) is 45.3 Å². The smallest absolute Gasteiger partial charge is 0.341 e. The molecule has 0 unspecified atom stereocenters. The maximum absolute atomic E-state index is 9.97. The molecule has 2 atom stereocenters. The molecule has 0 spiro atoms. The van der Waals surface area contributed by atoms with Gasteiger partial charge in [0.1, 0.15) is 5.75 Å². The summed E-state index contributed by atoms with van der Waals surface area (Å²) in [7, 11) is 0. The lowest BCUT2D eigenvalue weighted by molar-refractivity contribution is -0.557. The van der Waals surface area contributed by atoms with Crippen molar-refractivity contribution in [2.24, 2.45) is 11.5 Å². The Kier molecular flexibility index (Phi) is 7.94. The van der Waals surface area contributed by atoms with Crippen molar-refractivity contribution < 1.29 is 31.3 Å². The van der Waals surface area contributed by atoms with E-state index in [1.807, 2.05) is 25.1 Å². The first-order valence-electron chi connectivity index (χ1n) is 10.9. The van der Waals surface area contributed by atoms with Crippen molar-refractivity contribution in [1.82, 2.24) is 10.1 Å². The zero-order chi connectivity index (χ0) is 22.7. The number of aliphatic hydroxyl groups is 1. The zero-order valence-electron chi connectivity index (χ0n) is 18.9. The second kappa shape index (κ2) is 10.7. The molecule has 1 aliphatic rings. The van der Waals surface area contributed by atoms with E-state index >= 15 is 0 Å². The van der Waals surface area contributed by atoms with Gasteiger partial charge >= 0.3 is 5.96 Å². The van der Waals surface area contributed by atoms with Crippen LogP contribution in [0, 0.1) is 13.8 Å². The van der Waals surface area contributed by atoms with Crippen molar-refractivity contribution in [3.05, 3.63) is 65.0 Å². The first kappa shape index (κ1) is 24.5. The minimum atomic E-state index is -0.540. The molecule has 5 N–H and O–H groups in total. The summed E-state index contributed by atoms with van der Waals surface area (Å²) in [6, 6.07) is 14.1. The summed E-state index contributed by atoms with van der Waals surface area (Å²) in [4.78, 5) is 4.52. The summed E-state index contributed by atoms with van der Waals surface area (Å²) in [6.07, 6.45) is 1.83. The van der Waals surface area contributed by atoms with Gasteiger partial charge in [-0.25, -0.2) is 0 Å². The van der Waals surface area contributed by atoms with E-state index in [2.05, 4.69) is 41.3 Å². The van der Waals surface area contributed by atoms with E-state index in [1.165, 1.54) is 11.1 Å². The average Bonchev–Trinajstić information content (AvgIpc) is 3.40. The molecule has 176 valence electrons. The van der Waals surface area contributed by atoms with Gasteiger partial charge in [0, 0.05) is 12.0 Å². The van der Waals surface area contributed by atoms with Crippen LogP contribution in [0.4, 0.5) is 0 Å². The van der Waals surface area contributed by atoms with Gasteiger partial charge in [0.15, 0.2) is 6.04 Å². The molecule has 8 nitrogen and oxygen atoms in total. The van der Waals surface area contributed by atoms with Gasteiger partial charge in [0.2, 0.25) is 5.82 Å². The standard InChI is InChI=1S/C24H29N5O3.ClH/c1-15-5-7-17(8-6-15)4-3-11-31-21-10-9-18(12-16(21)2)22-27-23(32-28-22)20-13-19(30)14-29(20)24(25)26;/h5-10,12,19-20,30H,3-4,11,13-14H2,1-2H3,(H3,25,26);1H/t19-,20+;/m1./s1. The average molecular weight is 472 g/mol. The molecule has 1 fully saturated rings. The number of β-amino-alcohol motifs (C(OH)–C–C–N with tert-alkyl or cyclic N) is 1. The number of halogens is 1. The third-order valence-electron chi connectivity index (χ3n) is 5.76. The molecule has 33 heavy (non-hydrogen) atoms. The maximum atomic E-state index is 9.97. The van der Waals surface area contributed by atoms with Gasteiger partial charge in [-0.15, -0.1) is 0 Å². The van der Waals surface area contributed by atoms with Crippen LogP contribution in [0.5, 0.6) is 5.75 Å². The molecule has 0 bridgehead atoms. The minimum Gasteiger partial charge on any atom is -1.00 e. The molecule has 9 heteroatoms.